The van der Waals surface area contributed by atoms with Gasteiger partial charge in [-0.3, -0.25) is 9.67 Å². The molecule has 0 unspecified atom stereocenters. The Morgan fingerprint density at radius 2 is 1.88 bits per heavy atom. The van der Waals surface area contributed by atoms with E-state index in [0.29, 0.717) is 6.54 Å². The van der Waals surface area contributed by atoms with Gasteiger partial charge in [-0.05, 0) is 25.5 Å². The van der Waals surface area contributed by atoms with Crippen LogP contribution < -0.4 is 10.6 Å². The lowest BCUT2D eigenvalue weighted by molar-refractivity contribution is 0.509. The maximum Gasteiger partial charge on any atom is 0.191 e. The Bertz CT molecular complexity index is 767. The van der Waals surface area contributed by atoms with Crippen LogP contribution in [0.5, 0.6) is 0 Å². The van der Waals surface area contributed by atoms with Crippen LogP contribution in [0.1, 0.15) is 36.4 Å². The Morgan fingerprint density at radius 1 is 1.23 bits per heavy atom. The van der Waals surface area contributed by atoms with E-state index in [0.717, 1.165) is 34.5 Å². The lowest BCUT2D eigenvalue weighted by Crippen LogP contribution is -2.43. The van der Waals surface area contributed by atoms with Gasteiger partial charge in [0.05, 0.1) is 5.69 Å². The van der Waals surface area contributed by atoms with Gasteiger partial charge in [-0.1, -0.05) is 43.6 Å². The molecule has 0 amide bonds. The highest BCUT2D eigenvalue weighted by Gasteiger charge is 2.23. The van der Waals surface area contributed by atoms with E-state index in [2.05, 4.69) is 47.6 Å². The molecule has 7 heteroatoms. The van der Waals surface area contributed by atoms with Crippen LogP contribution in [0.3, 0.4) is 0 Å². The first-order chi connectivity index (χ1) is 11.8. The van der Waals surface area contributed by atoms with Crippen molar-refractivity contribution in [3.63, 3.8) is 0 Å². The van der Waals surface area contributed by atoms with Crippen molar-refractivity contribution in [2.75, 3.05) is 13.6 Å². The predicted molar refractivity (Wildman–Crippen MR) is 121 cm³/mol. The molecule has 2 N–H and O–H groups in total. The smallest absolute Gasteiger partial charge is 0.191 e. The van der Waals surface area contributed by atoms with Gasteiger partial charge in [-0.15, -0.1) is 24.0 Å². The molecule has 0 saturated heterocycles. The third-order valence-electron chi connectivity index (χ3n) is 4.62. The van der Waals surface area contributed by atoms with Crippen LogP contribution in [0.25, 0.3) is 0 Å². The van der Waals surface area contributed by atoms with Gasteiger partial charge in [0.1, 0.15) is 0 Å². The van der Waals surface area contributed by atoms with E-state index in [9.17, 15) is 0 Å². The van der Waals surface area contributed by atoms with Crippen molar-refractivity contribution in [2.24, 2.45) is 12.0 Å². The zero-order chi connectivity index (χ0) is 18.6. The van der Waals surface area contributed by atoms with Crippen LogP contribution in [-0.4, -0.2) is 29.3 Å². The third kappa shape index (κ3) is 5.36. The summed E-state index contributed by atoms with van der Waals surface area (Å²) in [6, 6.07) is 7.97. The molecule has 0 saturated carbocycles. The summed E-state index contributed by atoms with van der Waals surface area (Å²) in [4.78, 5) is 4.32. The highest BCUT2D eigenvalue weighted by molar-refractivity contribution is 14.0. The minimum atomic E-state index is -0.115. The van der Waals surface area contributed by atoms with Crippen LogP contribution in [-0.2, 0) is 19.0 Å². The summed E-state index contributed by atoms with van der Waals surface area (Å²) < 4.78 is 1.91. The molecule has 2 rings (SSSR count). The lowest BCUT2D eigenvalue weighted by Gasteiger charge is -2.27. The van der Waals surface area contributed by atoms with Crippen LogP contribution in [0.15, 0.2) is 29.3 Å². The Hall–Kier alpha value is -1.28. The number of aromatic nitrogens is 2. The zero-order valence-corrected chi connectivity index (χ0v) is 19.4. The topological polar surface area (TPSA) is 54.2 Å². The molecule has 0 spiro atoms. The third-order valence-corrected chi connectivity index (χ3v) is 4.95. The lowest BCUT2D eigenvalue weighted by atomic mass is 9.84. The molecule has 0 aliphatic carbocycles. The second-order valence-electron chi connectivity index (χ2n) is 6.92. The highest BCUT2D eigenvalue weighted by Crippen LogP contribution is 2.28. The van der Waals surface area contributed by atoms with Gasteiger partial charge in [0.2, 0.25) is 0 Å². The minimum Gasteiger partial charge on any atom is -0.356 e. The summed E-state index contributed by atoms with van der Waals surface area (Å²) in [5, 5.41) is 12.0. The average molecular weight is 490 g/mol. The van der Waals surface area contributed by atoms with Crippen LogP contribution in [0.2, 0.25) is 5.02 Å². The van der Waals surface area contributed by atoms with Gasteiger partial charge < -0.3 is 10.6 Å². The molecule has 144 valence electrons. The number of hydrogen-bond donors (Lipinski definition) is 2. The molecule has 26 heavy (non-hydrogen) atoms. The predicted octanol–water partition coefficient (Wildman–Crippen LogP) is 3.95. The molecule has 0 fully saturated rings. The number of aliphatic imine (C=N–C) groups is 1. The first-order valence-electron chi connectivity index (χ1n) is 8.45. The molecule has 1 aromatic carbocycles. The quantitative estimate of drug-likeness (QED) is 0.380. The average Bonchev–Trinajstić information content (AvgIpc) is 2.81. The summed E-state index contributed by atoms with van der Waals surface area (Å²) in [5.74, 6) is 0.766. The maximum atomic E-state index is 6.35. The maximum absolute atomic E-state index is 6.35. The number of guanidine groups is 1. The Morgan fingerprint density at radius 3 is 2.42 bits per heavy atom. The van der Waals surface area contributed by atoms with Gasteiger partial charge in [0, 0.05) is 48.9 Å². The number of aryl methyl sites for hydroxylation is 2. The molecule has 1 heterocycles. The van der Waals surface area contributed by atoms with Crippen LogP contribution in [0.4, 0.5) is 0 Å². The van der Waals surface area contributed by atoms with E-state index in [1.807, 2.05) is 36.9 Å². The van der Waals surface area contributed by atoms with E-state index in [4.69, 9.17) is 11.6 Å². The largest absolute Gasteiger partial charge is 0.356 e. The van der Waals surface area contributed by atoms with Crippen molar-refractivity contribution in [3.8, 4) is 0 Å². The minimum absolute atomic E-state index is 0. The number of rotatable bonds is 5. The van der Waals surface area contributed by atoms with Crippen molar-refractivity contribution in [2.45, 2.75) is 39.7 Å². The normalized spacial score (nSPS) is 11.9. The summed E-state index contributed by atoms with van der Waals surface area (Å²) >= 11 is 6.35. The molecular formula is C19H29ClIN5. The van der Waals surface area contributed by atoms with E-state index in [1.165, 1.54) is 5.56 Å². The van der Waals surface area contributed by atoms with Crippen molar-refractivity contribution in [1.29, 1.82) is 0 Å². The van der Waals surface area contributed by atoms with E-state index < -0.39 is 0 Å². The monoisotopic (exact) mass is 489 g/mol. The van der Waals surface area contributed by atoms with Gasteiger partial charge in [-0.25, -0.2) is 0 Å². The van der Waals surface area contributed by atoms with E-state index in [-0.39, 0.29) is 29.4 Å². The van der Waals surface area contributed by atoms with Crippen LogP contribution in [0, 0.1) is 13.8 Å². The van der Waals surface area contributed by atoms with Gasteiger partial charge >= 0.3 is 0 Å². The molecule has 0 radical (unpaired) electrons. The first-order valence-corrected chi connectivity index (χ1v) is 8.82. The highest BCUT2D eigenvalue weighted by atomic mass is 127. The Balaban J connectivity index is 0.00000338. The Kier molecular flexibility index (Phi) is 8.40. The van der Waals surface area contributed by atoms with Crippen molar-refractivity contribution in [3.05, 3.63) is 51.8 Å². The van der Waals surface area contributed by atoms with Crippen molar-refractivity contribution >= 4 is 41.5 Å². The summed E-state index contributed by atoms with van der Waals surface area (Å²) in [6.07, 6.45) is 0. The fourth-order valence-electron chi connectivity index (χ4n) is 2.88. The van der Waals surface area contributed by atoms with Crippen molar-refractivity contribution < 1.29 is 0 Å². The molecule has 0 aliphatic rings. The molecule has 1 aromatic heterocycles. The fraction of sp³-hybridized carbons (Fsp3) is 0.474. The molecule has 5 nitrogen and oxygen atoms in total. The van der Waals surface area contributed by atoms with E-state index in [1.54, 1.807) is 7.05 Å². The number of nitrogens with one attached hydrogen (secondary N) is 2. The van der Waals surface area contributed by atoms with Gasteiger partial charge in [0.15, 0.2) is 5.96 Å². The van der Waals surface area contributed by atoms with Gasteiger partial charge in [0.25, 0.3) is 0 Å². The molecular weight excluding hydrogens is 461 g/mol. The number of halogens is 2. The summed E-state index contributed by atoms with van der Waals surface area (Å²) in [7, 11) is 3.74. The molecule has 0 aliphatic heterocycles. The summed E-state index contributed by atoms with van der Waals surface area (Å²) in [6.45, 7) is 9.86. The standard InChI is InChI=1S/C19H28ClN5.HI/c1-13-15(14(2)25(6)24-13)11-22-18(21-5)23-12-19(3,4)16-9-7-8-10-17(16)20;/h7-10H,11-12H2,1-6H3,(H2,21,22,23);1H. The fourth-order valence-corrected chi connectivity index (χ4v) is 3.27. The number of benzene rings is 1. The Labute approximate surface area is 178 Å². The van der Waals surface area contributed by atoms with E-state index >= 15 is 0 Å². The first kappa shape index (κ1) is 22.8. The van der Waals surface area contributed by atoms with Gasteiger partial charge in [-0.2, -0.15) is 5.10 Å². The molecule has 2 aromatic rings. The second-order valence-corrected chi connectivity index (χ2v) is 7.32. The number of nitrogens with zero attached hydrogens (tertiary/aromatic N) is 3. The second kappa shape index (κ2) is 9.60. The molecule has 0 bridgehead atoms. The summed E-state index contributed by atoms with van der Waals surface area (Å²) in [5.41, 5.74) is 4.42. The SMILES string of the molecule is CN=C(NCc1c(C)nn(C)c1C)NCC(C)(C)c1ccccc1Cl.I. The molecule has 0 atom stereocenters. The van der Waals surface area contributed by atoms with Crippen LogP contribution >= 0.6 is 35.6 Å². The number of hydrogen-bond acceptors (Lipinski definition) is 2. The zero-order valence-electron chi connectivity index (χ0n) is 16.4. The van der Waals surface area contributed by atoms with Crippen molar-refractivity contribution in [1.82, 2.24) is 20.4 Å².